The summed E-state index contributed by atoms with van der Waals surface area (Å²) in [5.74, 6) is 0. The quantitative estimate of drug-likeness (QED) is 0.496. The number of alkyl halides is 3. The summed E-state index contributed by atoms with van der Waals surface area (Å²) in [6.45, 7) is 1.87. The molecule has 1 rings (SSSR count). The van der Waals surface area contributed by atoms with Gasteiger partial charge in [0.2, 0.25) is 0 Å². The van der Waals surface area contributed by atoms with E-state index in [2.05, 4.69) is 0 Å². The molecular weight excluding hydrogens is 299 g/mol. The fourth-order valence-corrected chi connectivity index (χ4v) is 1.94. The van der Waals surface area contributed by atoms with E-state index >= 15 is 0 Å². The van der Waals surface area contributed by atoms with E-state index in [0.717, 1.165) is 12.1 Å². The lowest BCUT2D eigenvalue weighted by atomic mass is 9.98. The molecule has 0 radical (unpaired) electrons. The fourth-order valence-electron chi connectivity index (χ4n) is 1.94. The van der Waals surface area contributed by atoms with E-state index in [9.17, 15) is 23.3 Å². The minimum atomic E-state index is -4.69. The molecule has 1 unspecified atom stereocenters. The van der Waals surface area contributed by atoms with Crippen molar-refractivity contribution in [2.24, 2.45) is 0 Å². The number of nitrogens with one attached hydrogen (secondary N) is 1. The van der Waals surface area contributed by atoms with Crippen LogP contribution in [0.3, 0.4) is 0 Å². The zero-order chi connectivity index (χ0) is 17.1. The van der Waals surface area contributed by atoms with E-state index in [1.54, 1.807) is 0 Å². The third kappa shape index (κ3) is 4.80. The minimum Gasteiger partial charge on any atom is -0.309 e. The molecule has 5 nitrogen and oxygen atoms in total. The Kier molecular flexibility index (Phi) is 5.65. The van der Waals surface area contributed by atoms with Crippen molar-refractivity contribution in [1.82, 2.24) is 4.90 Å². The van der Waals surface area contributed by atoms with Crippen LogP contribution in [0.5, 0.6) is 0 Å². The molecule has 1 aromatic carbocycles. The molecule has 8 heteroatoms. The minimum absolute atomic E-state index is 0.0277. The Morgan fingerprint density at radius 1 is 1.41 bits per heavy atom. The maximum absolute atomic E-state index is 13.0. The molecule has 1 atom stereocenters. The van der Waals surface area contributed by atoms with Crippen molar-refractivity contribution >= 4 is 11.4 Å². The third-order valence-corrected chi connectivity index (χ3v) is 3.44. The average Bonchev–Trinajstić information content (AvgIpc) is 2.37. The third-order valence-electron chi connectivity index (χ3n) is 3.44. The van der Waals surface area contributed by atoms with Crippen molar-refractivity contribution in [2.75, 3.05) is 14.1 Å². The first kappa shape index (κ1) is 18.1. The largest absolute Gasteiger partial charge is 0.416 e. The van der Waals surface area contributed by atoms with Crippen LogP contribution in [0, 0.1) is 15.5 Å². The van der Waals surface area contributed by atoms with Crippen LogP contribution >= 0.6 is 0 Å². The SMILES string of the molecule is CC(CC(=N)Cc1ccc([N+](=O)[O-])cc1C(F)(F)F)N(C)C. The van der Waals surface area contributed by atoms with Gasteiger partial charge in [-0.15, -0.1) is 0 Å². The number of nitro groups is 1. The number of nitro benzene ring substituents is 1. The van der Waals surface area contributed by atoms with Gasteiger partial charge in [-0.1, -0.05) is 6.07 Å². The highest BCUT2D eigenvalue weighted by Crippen LogP contribution is 2.34. The van der Waals surface area contributed by atoms with E-state index in [-0.39, 0.29) is 23.7 Å². The van der Waals surface area contributed by atoms with Gasteiger partial charge < -0.3 is 10.3 Å². The van der Waals surface area contributed by atoms with Crippen LogP contribution in [0.25, 0.3) is 0 Å². The zero-order valence-corrected chi connectivity index (χ0v) is 12.6. The Labute approximate surface area is 126 Å². The highest BCUT2D eigenvalue weighted by atomic mass is 19.4. The maximum atomic E-state index is 13.0. The predicted octanol–water partition coefficient (Wildman–Crippen LogP) is 3.52. The number of benzene rings is 1. The molecule has 1 N–H and O–H groups in total. The van der Waals surface area contributed by atoms with Gasteiger partial charge >= 0.3 is 6.18 Å². The highest BCUT2D eigenvalue weighted by molar-refractivity contribution is 5.84. The van der Waals surface area contributed by atoms with Crippen molar-refractivity contribution in [2.45, 2.75) is 32.0 Å². The molecule has 0 aliphatic carbocycles. The Morgan fingerprint density at radius 3 is 2.45 bits per heavy atom. The number of nitrogens with zero attached hydrogens (tertiary/aromatic N) is 2. The molecule has 0 heterocycles. The standard InChI is InChI=1S/C14H18F3N3O2/c1-9(19(2)3)6-11(18)7-10-4-5-12(20(21)22)8-13(10)14(15,16)17/h4-5,8-9,18H,6-7H2,1-3H3. The number of hydrogen-bond acceptors (Lipinski definition) is 4. The van der Waals surface area contributed by atoms with Gasteiger partial charge in [-0.05, 0) is 26.6 Å². The summed E-state index contributed by atoms with van der Waals surface area (Å²) in [7, 11) is 3.65. The van der Waals surface area contributed by atoms with E-state index in [1.807, 2.05) is 25.9 Å². The van der Waals surface area contributed by atoms with Crippen LogP contribution in [-0.4, -0.2) is 35.7 Å². The zero-order valence-electron chi connectivity index (χ0n) is 12.6. The van der Waals surface area contributed by atoms with Crippen LogP contribution in [0.2, 0.25) is 0 Å². The first-order valence-electron chi connectivity index (χ1n) is 6.59. The van der Waals surface area contributed by atoms with Crippen molar-refractivity contribution in [3.8, 4) is 0 Å². The topological polar surface area (TPSA) is 70.2 Å². The Balaban J connectivity index is 3.04. The highest BCUT2D eigenvalue weighted by Gasteiger charge is 2.35. The van der Waals surface area contributed by atoms with Gasteiger partial charge in [0, 0.05) is 36.7 Å². The normalized spacial score (nSPS) is 13.2. The van der Waals surface area contributed by atoms with Crippen LogP contribution in [0.1, 0.15) is 24.5 Å². The number of halogens is 3. The van der Waals surface area contributed by atoms with Gasteiger partial charge in [-0.2, -0.15) is 13.2 Å². The van der Waals surface area contributed by atoms with Crippen LogP contribution in [-0.2, 0) is 12.6 Å². The van der Waals surface area contributed by atoms with E-state index in [4.69, 9.17) is 5.41 Å². The van der Waals surface area contributed by atoms with Crippen molar-refractivity contribution in [3.63, 3.8) is 0 Å². The molecule has 0 amide bonds. The van der Waals surface area contributed by atoms with Gasteiger partial charge in [0.15, 0.2) is 0 Å². The van der Waals surface area contributed by atoms with E-state index < -0.39 is 22.4 Å². The molecule has 0 spiro atoms. The van der Waals surface area contributed by atoms with Crippen LogP contribution < -0.4 is 0 Å². The Bertz CT molecular complexity index is 571. The monoisotopic (exact) mass is 317 g/mol. The van der Waals surface area contributed by atoms with Gasteiger partial charge in [0.25, 0.3) is 5.69 Å². The van der Waals surface area contributed by atoms with Crippen LogP contribution in [0.15, 0.2) is 18.2 Å². The second-order valence-electron chi connectivity index (χ2n) is 5.39. The maximum Gasteiger partial charge on any atom is 0.416 e. The molecule has 22 heavy (non-hydrogen) atoms. The molecule has 0 bridgehead atoms. The van der Waals surface area contributed by atoms with Gasteiger partial charge in [0.1, 0.15) is 0 Å². The summed E-state index contributed by atoms with van der Waals surface area (Å²) in [5, 5.41) is 18.5. The van der Waals surface area contributed by atoms with Crippen molar-refractivity contribution in [3.05, 3.63) is 39.4 Å². The summed E-state index contributed by atoms with van der Waals surface area (Å²) in [6.07, 6.45) is -4.53. The summed E-state index contributed by atoms with van der Waals surface area (Å²) in [6, 6.07) is 2.67. The number of rotatable bonds is 6. The summed E-state index contributed by atoms with van der Waals surface area (Å²) in [5.41, 5.74) is -1.62. The Hall–Kier alpha value is -1.96. The van der Waals surface area contributed by atoms with E-state index in [1.165, 1.54) is 0 Å². The fraction of sp³-hybridized carbons (Fsp3) is 0.500. The van der Waals surface area contributed by atoms with Crippen LogP contribution in [0.4, 0.5) is 18.9 Å². The summed E-state index contributed by atoms with van der Waals surface area (Å²) in [4.78, 5) is 11.6. The summed E-state index contributed by atoms with van der Waals surface area (Å²) >= 11 is 0. The molecule has 0 aliphatic rings. The molecule has 0 saturated carbocycles. The lowest BCUT2D eigenvalue weighted by Gasteiger charge is -2.20. The van der Waals surface area contributed by atoms with Gasteiger partial charge in [0.05, 0.1) is 10.5 Å². The Morgan fingerprint density at radius 2 is 2.00 bits per heavy atom. The molecule has 0 aliphatic heterocycles. The number of hydrogen-bond donors (Lipinski definition) is 1. The first-order chi connectivity index (χ1) is 10.0. The second kappa shape index (κ2) is 6.87. The number of non-ortho nitro benzene ring substituents is 1. The molecule has 0 aromatic heterocycles. The van der Waals surface area contributed by atoms with Gasteiger partial charge in [-0.25, -0.2) is 0 Å². The van der Waals surface area contributed by atoms with E-state index in [0.29, 0.717) is 12.5 Å². The van der Waals surface area contributed by atoms with Gasteiger partial charge in [-0.3, -0.25) is 10.1 Å². The van der Waals surface area contributed by atoms with Crippen molar-refractivity contribution < 1.29 is 18.1 Å². The molecule has 122 valence electrons. The molecule has 1 aromatic rings. The predicted molar refractivity (Wildman–Crippen MR) is 77.3 cm³/mol. The average molecular weight is 317 g/mol. The summed E-state index contributed by atoms with van der Waals surface area (Å²) < 4.78 is 39.1. The molecule has 0 saturated heterocycles. The first-order valence-corrected chi connectivity index (χ1v) is 6.59. The smallest absolute Gasteiger partial charge is 0.309 e. The molecular formula is C14H18F3N3O2. The lowest BCUT2D eigenvalue weighted by molar-refractivity contribution is -0.385. The van der Waals surface area contributed by atoms with Crippen molar-refractivity contribution in [1.29, 1.82) is 5.41 Å². The second-order valence-corrected chi connectivity index (χ2v) is 5.39. The lowest BCUT2D eigenvalue weighted by Crippen LogP contribution is -2.27. The molecule has 0 fully saturated rings.